The van der Waals surface area contributed by atoms with Crippen molar-refractivity contribution in [2.24, 2.45) is 10.4 Å². The van der Waals surface area contributed by atoms with E-state index >= 15 is 0 Å². The molecule has 5 heteroatoms. The van der Waals surface area contributed by atoms with Gasteiger partial charge in [-0.1, -0.05) is 5.92 Å². The van der Waals surface area contributed by atoms with Crippen LogP contribution in [0.15, 0.2) is 4.99 Å². The molecule has 106 valence electrons. The van der Waals surface area contributed by atoms with Crippen LogP contribution < -0.4 is 5.32 Å². The summed E-state index contributed by atoms with van der Waals surface area (Å²) in [6.45, 7) is 4.91. The molecular formula is C14H23N3OS. The topological polar surface area (TPSA) is 36.9 Å². The molecular weight excluding hydrogens is 258 g/mol. The van der Waals surface area contributed by atoms with E-state index in [0.29, 0.717) is 5.41 Å². The lowest BCUT2D eigenvalue weighted by Crippen LogP contribution is -2.42. The molecule has 0 saturated carbocycles. The lowest BCUT2D eigenvalue weighted by molar-refractivity contribution is 0.156. The van der Waals surface area contributed by atoms with Gasteiger partial charge in [-0.3, -0.25) is 4.99 Å². The Kier molecular flexibility index (Phi) is 5.41. The van der Waals surface area contributed by atoms with Gasteiger partial charge in [0, 0.05) is 44.5 Å². The van der Waals surface area contributed by atoms with Gasteiger partial charge in [-0.2, -0.15) is 0 Å². The van der Waals surface area contributed by atoms with Gasteiger partial charge < -0.3 is 15.0 Å². The van der Waals surface area contributed by atoms with Crippen molar-refractivity contribution in [1.29, 1.82) is 0 Å². The van der Waals surface area contributed by atoms with Crippen molar-refractivity contribution in [2.45, 2.75) is 12.8 Å². The maximum atomic E-state index is 5.56. The van der Waals surface area contributed by atoms with Crippen LogP contribution in [0.3, 0.4) is 0 Å². The predicted octanol–water partition coefficient (Wildman–Crippen LogP) is 1.04. The van der Waals surface area contributed by atoms with Crippen LogP contribution >= 0.6 is 11.8 Å². The van der Waals surface area contributed by atoms with Crippen LogP contribution in [0.2, 0.25) is 0 Å². The summed E-state index contributed by atoms with van der Waals surface area (Å²) < 4.78 is 5.56. The summed E-state index contributed by atoms with van der Waals surface area (Å²) in [5, 5.41) is 3.42. The van der Waals surface area contributed by atoms with Crippen LogP contribution in [0.5, 0.6) is 0 Å². The Bertz CT molecular complexity index is 358. The van der Waals surface area contributed by atoms with E-state index < -0.39 is 0 Å². The number of aliphatic imine (C=N–C) groups is 1. The second kappa shape index (κ2) is 7.06. The molecule has 2 aliphatic rings. The van der Waals surface area contributed by atoms with Crippen molar-refractivity contribution in [1.82, 2.24) is 10.2 Å². The molecule has 1 spiro atoms. The fraction of sp³-hybridized carbons (Fsp3) is 0.786. The minimum absolute atomic E-state index is 0.385. The van der Waals surface area contributed by atoms with Gasteiger partial charge in [-0.15, -0.1) is 18.2 Å². The first-order valence-electron chi connectivity index (χ1n) is 6.84. The molecule has 2 fully saturated rings. The highest BCUT2D eigenvalue weighted by Gasteiger charge is 2.42. The highest BCUT2D eigenvalue weighted by molar-refractivity contribution is 7.99. The molecule has 1 unspecified atom stereocenters. The average Bonchev–Trinajstić information content (AvgIpc) is 3.05. The number of guanidine groups is 1. The third-order valence-corrected chi connectivity index (χ3v) is 4.71. The Morgan fingerprint density at radius 3 is 3.16 bits per heavy atom. The van der Waals surface area contributed by atoms with E-state index in [1.54, 1.807) is 11.8 Å². The molecule has 0 bridgehead atoms. The van der Waals surface area contributed by atoms with E-state index in [1.165, 1.54) is 12.8 Å². The quantitative estimate of drug-likeness (QED) is 0.362. The molecule has 2 saturated heterocycles. The minimum atomic E-state index is 0.385. The third kappa shape index (κ3) is 3.80. The number of ether oxygens (including phenoxy) is 1. The van der Waals surface area contributed by atoms with E-state index in [4.69, 9.17) is 11.2 Å². The predicted molar refractivity (Wildman–Crippen MR) is 81.6 cm³/mol. The minimum Gasteiger partial charge on any atom is -0.381 e. The largest absolute Gasteiger partial charge is 0.381 e. The van der Waals surface area contributed by atoms with E-state index in [-0.39, 0.29) is 0 Å². The van der Waals surface area contributed by atoms with Gasteiger partial charge in [0.25, 0.3) is 0 Å². The fourth-order valence-corrected chi connectivity index (χ4v) is 3.29. The van der Waals surface area contributed by atoms with Crippen molar-refractivity contribution in [3.8, 4) is 12.3 Å². The Morgan fingerprint density at radius 1 is 1.58 bits per heavy atom. The Morgan fingerprint density at radius 2 is 2.47 bits per heavy atom. The zero-order valence-electron chi connectivity index (χ0n) is 11.7. The molecule has 2 heterocycles. The van der Waals surface area contributed by atoms with Crippen molar-refractivity contribution in [2.75, 3.05) is 51.4 Å². The fourth-order valence-electron chi connectivity index (χ4n) is 2.79. The number of likely N-dealkylation sites (tertiary alicyclic amines) is 1. The first-order valence-corrected chi connectivity index (χ1v) is 8.00. The molecule has 0 aromatic rings. The molecule has 0 aromatic heterocycles. The summed E-state index contributed by atoms with van der Waals surface area (Å²) in [6, 6.07) is 0. The van der Waals surface area contributed by atoms with Crippen LogP contribution in [0.25, 0.3) is 0 Å². The van der Waals surface area contributed by atoms with Crippen molar-refractivity contribution in [3.63, 3.8) is 0 Å². The number of thioether (sulfide) groups is 1. The van der Waals surface area contributed by atoms with Gasteiger partial charge in [-0.05, 0) is 12.8 Å². The first kappa shape index (κ1) is 14.5. The average molecular weight is 281 g/mol. The van der Waals surface area contributed by atoms with Gasteiger partial charge >= 0.3 is 0 Å². The molecule has 0 radical (unpaired) electrons. The number of hydrogen-bond donors (Lipinski definition) is 1. The molecule has 2 aliphatic heterocycles. The van der Waals surface area contributed by atoms with Gasteiger partial charge in [0.2, 0.25) is 0 Å². The van der Waals surface area contributed by atoms with Crippen molar-refractivity contribution in [3.05, 3.63) is 0 Å². The summed E-state index contributed by atoms with van der Waals surface area (Å²) in [7, 11) is 1.85. The normalized spacial score (nSPS) is 26.9. The number of nitrogens with zero attached hydrogens (tertiary/aromatic N) is 2. The lowest BCUT2D eigenvalue weighted by atomic mass is 9.87. The number of nitrogens with one attached hydrogen (secondary N) is 1. The Labute approximate surface area is 120 Å². The maximum absolute atomic E-state index is 5.56. The molecule has 19 heavy (non-hydrogen) atoms. The van der Waals surface area contributed by atoms with Crippen molar-refractivity contribution >= 4 is 17.7 Å². The van der Waals surface area contributed by atoms with E-state index in [2.05, 4.69) is 21.1 Å². The Balaban J connectivity index is 1.75. The van der Waals surface area contributed by atoms with E-state index in [0.717, 1.165) is 50.3 Å². The van der Waals surface area contributed by atoms with Crippen LogP contribution in [-0.2, 0) is 4.74 Å². The highest BCUT2D eigenvalue weighted by Crippen LogP contribution is 2.38. The molecule has 0 aliphatic carbocycles. The monoisotopic (exact) mass is 281 g/mol. The molecule has 4 nitrogen and oxygen atoms in total. The highest BCUT2D eigenvalue weighted by atomic mass is 32.2. The van der Waals surface area contributed by atoms with Crippen LogP contribution in [0.4, 0.5) is 0 Å². The maximum Gasteiger partial charge on any atom is 0.193 e. The second-order valence-corrected chi connectivity index (χ2v) is 6.31. The molecule has 0 aromatic carbocycles. The van der Waals surface area contributed by atoms with Crippen molar-refractivity contribution < 1.29 is 4.74 Å². The second-order valence-electron chi connectivity index (χ2n) is 5.20. The van der Waals surface area contributed by atoms with Crippen LogP contribution in [-0.4, -0.2) is 62.3 Å². The molecule has 1 atom stereocenters. The van der Waals surface area contributed by atoms with Gasteiger partial charge in [0.1, 0.15) is 0 Å². The zero-order valence-corrected chi connectivity index (χ0v) is 12.5. The van der Waals surface area contributed by atoms with E-state index in [9.17, 15) is 0 Å². The molecule has 2 rings (SSSR count). The zero-order chi connectivity index (χ0) is 13.6. The van der Waals surface area contributed by atoms with Crippen LogP contribution in [0.1, 0.15) is 12.8 Å². The molecule has 0 amide bonds. The number of hydrogen-bond acceptors (Lipinski definition) is 3. The third-order valence-electron chi connectivity index (χ3n) is 3.85. The summed E-state index contributed by atoms with van der Waals surface area (Å²) in [4.78, 5) is 6.75. The SMILES string of the molecule is C#CCSCCNC(=NC)N1CCC2(CCOC2)C1. The first-order chi connectivity index (χ1) is 9.29. The van der Waals surface area contributed by atoms with Gasteiger partial charge in [0.15, 0.2) is 5.96 Å². The number of terminal acetylenes is 1. The summed E-state index contributed by atoms with van der Waals surface area (Å²) in [5.41, 5.74) is 0.385. The van der Waals surface area contributed by atoms with Crippen LogP contribution in [0, 0.1) is 17.8 Å². The Hall–Kier alpha value is -0.860. The summed E-state index contributed by atoms with van der Waals surface area (Å²) >= 11 is 1.77. The number of rotatable bonds is 4. The van der Waals surface area contributed by atoms with Gasteiger partial charge in [0.05, 0.1) is 12.4 Å². The summed E-state index contributed by atoms with van der Waals surface area (Å²) in [5.74, 6) is 5.46. The smallest absolute Gasteiger partial charge is 0.193 e. The standard InChI is InChI=1S/C14H23N3OS/c1-3-9-19-10-6-16-13(15-2)17-7-4-14(11-17)5-8-18-12-14/h1H,4-12H2,2H3,(H,15,16). The summed E-state index contributed by atoms with van der Waals surface area (Å²) in [6.07, 6.45) is 7.64. The van der Waals surface area contributed by atoms with Gasteiger partial charge in [-0.25, -0.2) is 0 Å². The van der Waals surface area contributed by atoms with E-state index in [1.807, 2.05) is 7.05 Å². The lowest BCUT2D eigenvalue weighted by Gasteiger charge is -2.24. The molecule has 1 N–H and O–H groups in total.